The van der Waals surface area contributed by atoms with Crippen LogP contribution in [-0.4, -0.2) is 32.8 Å². The molecule has 0 aliphatic rings. The zero-order valence-corrected chi connectivity index (χ0v) is 15.7. The highest BCUT2D eigenvalue weighted by molar-refractivity contribution is 5.91. The molecule has 1 amide bonds. The van der Waals surface area contributed by atoms with E-state index in [-0.39, 0.29) is 5.91 Å². The highest BCUT2D eigenvalue weighted by Crippen LogP contribution is 2.28. The van der Waals surface area contributed by atoms with E-state index >= 15 is 0 Å². The summed E-state index contributed by atoms with van der Waals surface area (Å²) in [7, 11) is 1.57. The molecule has 0 heterocycles. The molecule has 0 unspecified atom stereocenters. The van der Waals surface area contributed by atoms with Gasteiger partial charge in [0, 0.05) is 6.08 Å². The third kappa shape index (κ3) is 6.55. The molecular formula is C22H25NO4. The summed E-state index contributed by atoms with van der Waals surface area (Å²) in [6.07, 6.45) is 4.87. The van der Waals surface area contributed by atoms with E-state index in [1.165, 1.54) is 6.08 Å². The first-order valence-corrected chi connectivity index (χ1v) is 8.70. The van der Waals surface area contributed by atoms with Crippen LogP contribution >= 0.6 is 0 Å². The lowest BCUT2D eigenvalue weighted by atomic mass is 10.2. The Morgan fingerprint density at radius 2 is 1.93 bits per heavy atom. The topological polar surface area (TPSA) is 56.8 Å². The fourth-order valence-corrected chi connectivity index (χ4v) is 2.34. The van der Waals surface area contributed by atoms with E-state index in [0.717, 1.165) is 16.9 Å². The Morgan fingerprint density at radius 1 is 1.11 bits per heavy atom. The summed E-state index contributed by atoms with van der Waals surface area (Å²) in [6, 6.07) is 13.2. The first-order chi connectivity index (χ1) is 13.1. The fourth-order valence-electron chi connectivity index (χ4n) is 2.34. The lowest BCUT2D eigenvalue weighted by molar-refractivity contribution is -0.116. The molecule has 0 radical (unpaired) electrons. The molecule has 5 nitrogen and oxygen atoms in total. The van der Waals surface area contributed by atoms with Crippen molar-refractivity contribution in [2.75, 3.05) is 26.9 Å². The van der Waals surface area contributed by atoms with Gasteiger partial charge in [0.05, 0.1) is 13.7 Å². The van der Waals surface area contributed by atoms with Gasteiger partial charge in [0.2, 0.25) is 5.91 Å². The Bertz CT molecular complexity index is 799. The Balaban J connectivity index is 1.81. The van der Waals surface area contributed by atoms with E-state index in [0.29, 0.717) is 31.3 Å². The second kappa shape index (κ2) is 10.7. The molecule has 0 saturated carbocycles. The average molecular weight is 367 g/mol. The van der Waals surface area contributed by atoms with Gasteiger partial charge in [-0.05, 0) is 42.3 Å². The van der Waals surface area contributed by atoms with Crippen molar-refractivity contribution in [3.63, 3.8) is 0 Å². The molecule has 0 aromatic heterocycles. The van der Waals surface area contributed by atoms with Crippen molar-refractivity contribution in [2.24, 2.45) is 0 Å². The van der Waals surface area contributed by atoms with E-state index in [1.54, 1.807) is 25.3 Å². The maximum atomic E-state index is 11.9. The third-order valence-corrected chi connectivity index (χ3v) is 3.72. The van der Waals surface area contributed by atoms with Gasteiger partial charge in [0.1, 0.15) is 19.0 Å². The summed E-state index contributed by atoms with van der Waals surface area (Å²) in [4.78, 5) is 11.9. The van der Waals surface area contributed by atoms with E-state index in [9.17, 15) is 4.79 Å². The van der Waals surface area contributed by atoms with Crippen LogP contribution in [0.4, 0.5) is 0 Å². The second-order valence-electron chi connectivity index (χ2n) is 5.75. The van der Waals surface area contributed by atoms with Crippen LogP contribution in [0.25, 0.3) is 6.08 Å². The minimum absolute atomic E-state index is 0.186. The first kappa shape index (κ1) is 20.1. The Labute approximate surface area is 160 Å². The largest absolute Gasteiger partial charge is 0.493 e. The molecular weight excluding hydrogens is 342 g/mol. The minimum atomic E-state index is -0.186. The summed E-state index contributed by atoms with van der Waals surface area (Å²) >= 11 is 0. The number of hydrogen-bond acceptors (Lipinski definition) is 4. The molecule has 142 valence electrons. The van der Waals surface area contributed by atoms with Gasteiger partial charge < -0.3 is 19.5 Å². The molecule has 2 aromatic rings. The fraction of sp³-hybridized carbons (Fsp3) is 0.227. The van der Waals surface area contributed by atoms with Gasteiger partial charge in [-0.3, -0.25) is 4.79 Å². The smallest absolute Gasteiger partial charge is 0.244 e. The molecule has 27 heavy (non-hydrogen) atoms. The predicted molar refractivity (Wildman–Crippen MR) is 107 cm³/mol. The minimum Gasteiger partial charge on any atom is -0.493 e. The Morgan fingerprint density at radius 3 is 2.67 bits per heavy atom. The van der Waals surface area contributed by atoms with Crippen molar-refractivity contribution >= 4 is 12.0 Å². The number of rotatable bonds is 10. The molecule has 1 N–H and O–H groups in total. The second-order valence-corrected chi connectivity index (χ2v) is 5.75. The Hall–Kier alpha value is -3.21. The summed E-state index contributed by atoms with van der Waals surface area (Å²) in [5.74, 6) is 1.88. The van der Waals surface area contributed by atoms with Gasteiger partial charge in [-0.1, -0.05) is 36.9 Å². The number of para-hydroxylation sites is 1. The highest BCUT2D eigenvalue weighted by Gasteiger charge is 2.04. The SMILES string of the molecule is C=CCOc1ccc(C=CC(=O)NCCOc2ccccc2C)cc1OC. The predicted octanol–water partition coefficient (Wildman–Crippen LogP) is 3.78. The van der Waals surface area contributed by atoms with Crippen molar-refractivity contribution < 1.29 is 19.0 Å². The number of aryl methyl sites for hydroxylation is 1. The zero-order valence-electron chi connectivity index (χ0n) is 15.7. The van der Waals surface area contributed by atoms with Crippen LogP contribution in [0.1, 0.15) is 11.1 Å². The monoisotopic (exact) mass is 367 g/mol. The van der Waals surface area contributed by atoms with Crippen LogP contribution in [0.15, 0.2) is 61.2 Å². The summed E-state index contributed by atoms with van der Waals surface area (Å²) < 4.78 is 16.5. The number of hydrogen-bond donors (Lipinski definition) is 1. The van der Waals surface area contributed by atoms with Crippen LogP contribution in [0.2, 0.25) is 0 Å². The Kier molecular flexibility index (Phi) is 7.97. The zero-order chi connectivity index (χ0) is 19.5. The molecule has 2 aromatic carbocycles. The van der Waals surface area contributed by atoms with Gasteiger partial charge in [-0.2, -0.15) is 0 Å². The summed E-state index contributed by atoms with van der Waals surface area (Å²) in [5.41, 5.74) is 1.90. The van der Waals surface area contributed by atoms with E-state index < -0.39 is 0 Å². The van der Waals surface area contributed by atoms with E-state index in [1.807, 2.05) is 43.3 Å². The summed E-state index contributed by atoms with van der Waals surface area (Å²) in [6.45, 7) is 6.84. The molecule has 0 aliphatic heterocycles. The molecule has 0 aliphatic carbocycles. The van der Waals surface area contributed by atoms with E-state index in [4.69, 9.17) is 14.2 Å². The lowest BCUT2D eigenvalue weighted by Crippen LogP contribution is -2.26. The van der Waals surface area contributed by atoms with Crippen LogP contribution in [0.5, 0.6) is 17.2 Å². The number of nitrogens with one attached hydrogen (secondary N) is 1. The molecule has 0 atom stereocenters. The van der Waals surface area contributed by atoms with Crippen molar-refractivity contribution in [3.8, 4) is 17.2 Å². The maximum absolute atomic E-state index is 11.9. The van der Waals surface area contributed by atoms with Crippen LogP contribution < -0.4 is 19.5 Å². The summed E-state index contributed by atoms with van der Waals surface area (Å²) in [5, 5.41) is 2.79. The van der Waals surface area contributed by atoms with Gasteiger partial charge in [0.15, 0.2) is 11.5 Å². The first-order valence-electron chi connectivity index (χ1n) is 8.70. The molecule has 5 heteroatoms. The average Bonchev–Trinajstić information content (AvgIpc) is 2.69. The normalized spacial score (nSPS) is 10.4. The number of ether oxygens (including phenoxy) is 3. The molecule has 2 rings (SSSR count). The number of benzene rings is 2. The number of methoxy groups -OCH3 is 1. The van der Waals surface area contributed by atoms with Gasteiger partial charge in [-0.25, -0.2) is 0 Å². The lowest BCUT2D eigenvalue weighted by Gasteiger charge is -2.10. The van der Waals surface area contributed by atoms with Crippen molar-refractivity contribution in [1.82, 2.24) is 5.32 Å². The van der Waals surface area contributed by atoms with E-state index in [2.05, 4.69) is 11.9 Å². The van der Waals surface area contributed by atoms with Crippen LogP contribution in [-0.2, 0) is 4.79 Å². The highest BCUT2D eigenvalue weighted by atomic mass is 16.5. The number of amides is 1. The standard InChI is InChI=1S/C22H25NO4/c1-4-14-26-20-11-9-18(16-21(20)25-3)10-12-22(24)23-13-15-27-19-8-6-5-7-17(19)2/h4-12,16H,1,13-15H2,2-3H3,(H,23,24). The van der Waals surface area contributed by atoms with Gasteiger partial charge in [-0.15, -0.1) is 0 Å². The van der Waals surface area contributed by atoms with Crippen LogP contribution in [0, 0.1) is 6.92 Å². The molecule has 0 spiro atoms. The van der Waals surface area contributed by atoms with Gasteiger partial charge >= 0.3 is 0 Å². The molecule has 0 saturated heterocycles. The third-order valence-electron chi connectivity index (χ3n) is 3.72. The van der Waals surface area contributed by atoms with Gasteiger partial charge in [0.25, 0.3) is 0 Å². The maximum Gasteiger partial charge on any atom is 0.244 e. The van der Waals surface area contributed by atoms with Crippen molar-refractivity contribution in [3.05, 3.63) is 72.3 Å². The van der Waals surface area contributed by atoms with Crippen molar-refractivity contribution in [1.29, 1.82) is 0 Å². The van der Waals surface area contributed by atoms with Crippen molar-refractivity contribution in [2.45, 2.75) is 6.92 Å². The van der Waals surface area contributed by atoms with Crippen LogP contribution in [0.3, 0.4) is 0 Å². The number of carbonyl (C=O) groups is 1. The quantitative estimate of drug-likeness (QED) is 0.394. The number of carbonyl (C=O) groups excluding carboxylic acids is 1. The molecule has 0 bridgehead atoms. The molecule has 0 fully saturated rings.